The van der Waals surface area contributed by atoms with Gasteiger partial charge in [-0.15, -0.1) is 0 Å². The molecule has 28 heavy (non-hydrogen) atoms. The summed E-state index contributed by atoms with van der Waals surface area (Å²) < 4.78 is 60.2. The van der Waals surface area contributed by atoms with Crippen molar-refractivity contribution in [1.29, 1.82) is 0 Å². The van der Waals surface area contributed by atoms with Crippen molar-refractivity contribution in [1.82, 2.24) is 0 Å². The summed E-state index contributed by atoms with van der Waals surface area (Å²) in [5.41, 5.74) is 0.381. The summed E-state index contributed by atoms with van der Waals surface area (Å²) in [5.74, 6) is -1.98. The molecule has 146 valence electrons. The highest BCUT2D eigenvalue weighted by atomic mass is 16.5. The van der Waals surface area contributed by atoms with Crippen molar-refractivity contribution >= 4 is 23.7 Å². The molecule has 0 saturated heterocycles. The number of methoxy groups -OCH3 is 3. The van der Waals surface area contributed by atoms with Crippen molar-refractivity contribution in [2.24, 2.45) is 0 Å². The molecule has 2 rings (SSSR count). The standard InChI is InChI=1S/C22H22O6/c1-26-20-11-7-16(13-22(20)28-3)5-9-18(24)14-17(23)8-4-15-6-10-19(25)21(12-15)27-2/h4-13,25H,14H2,1-3H3/b8-4+,9-5+/i2D3,5D,8D,9D. The Morgan fingerprint density at radius 2 is 1.64 bits per heavy atom. The number of allylic oxidation sites excluding steroid dienone is 2. The number of hydrogen-bond acceptors (Lipinski definition) is 6. The maximum absolute atomic E-state index is 12.4. The van der Waals surface area contributed by atoms with Gasteiger partial charge in [0.1, 0.15) is 0 Å². The summed E-state index contributed by atoms with van der Waals surface area (Å²) >= 11 is 0. The van der Waals surface area contributed by atoms with Crippen molar-refractivity contribution in [2.75, 3.05) is 21.3 Å². The number of phenols is 1. The summed E-state index contributed by atoms with van der Waals surface area (Å²) in [6.07, 6.45) is 0.241. The molecule has 0 atom stereocenters. The minimum absolute atomic E-state index is 0.177. The highest BCUT2D eigenvalue weighted by Crippen LogP contribution is 2.28. The number of phenolic OH excluding ortho intramolecular Hbond substituents is 1. The van der Waals surface area contributed by atoms with Gasteiger partial charge in [0.2, 0.25) is 0 Å². The van der Waals surface area contributed by atoms with Gasteiger partial charge in [-0.2, -0.15) is 0 Å². The van der Waals surface area contributed by atoms with Gasteiger partial charge in [-0.05, 0) is 47.5 Å². The van der Waals surface area contributed by atoms with Crippen LogP contribution in [0.4, 0.5) is 0 Å². The summed E-state index contributed by atoms with van der Waals surface area (Å²) in [6, 6.07) is 6.24. The molecule has 0 aliphatic heterocycles. The maximum Gasteiger partial charge on any atom is 0.163 e. The molecule has 0 spiro atoms. The van der Waals surface area contributed by atoms with Crippen LogP contribution in [0.1, 0.15) is 25.8 Å². The van der Waals surface area contributed by atoms with Crippen LogP contribution in [0.2, 0.25) is 0 Å². The second-order valence-electron chi connectivity index (χ2n) is 5.46. The zero-order valence-electron chi connectivity index (χ0n) is 21.2. The van der Waals surface area contributed by atoms with Crippen LogP contribution in [-0.4, -0.2) is 37.9 Å². The minimum atomic E-state index is -2.81. The van der Waals surface area contributed by atoms with Crippen LogP contribution >= 0.6 is 0 Å². The van der Waals surface area contributed by atoms with E-state index in [-0.39, 0.29) is 16.9 Å². The first-order valence-corrected chi connectivity index (χ1v) is 8.03. The van der Waals surface area contributed by atoms with Crippen LogP contribution in [0.5, 0.6) is 23.0 Å². The van der Waals surface area contributed by atoms with E-state index >= 15 is 0 Å². The molecule has 0 fully saturated rings. The Kier molecular flexibility index (Phi) is 4.84. The number of hydrogen-bond donors (Lipinski definition) is 1. The Bertz CT molecular complexity index is 1150. The van der Waals surface area contributed by atoms with E-state index in [1.54, 1.807) is 0 Å². The van der Waals surface area contributed by atoms with E-state index in [1.165, 1.54) is 38.5 Å². The van der Waals surface area contributed by atoms with E-state index in [0.29, 0.717) is 11.5 Å². The lowest BCUT2D eigenvalue weighted by Gasteiger charge is -2.07. The SMILES string of the molecule is [2H]/C(=C\c1ccc(O)c(OC([2H])([2H])[2H])c1)C(=O)CC(=O)/C([2H])=C(\[2H])c1ccc(OC)c(OC)c1. The molecule has 0 saturated carbocycles. The Labute approximate surface area is 172 Å². The monoisotopic (exact) mass is 388 g/mol. The zero-order chi connectivity index (χ0) is 25.6. The third kappa shape index (κ3) is 5.74. The molecule has 0 bridgehead atoms. The molecule has 2 aromatic carbocycles. The topological polar surface area (TPSA) is 82.1 Å². The van der Waals surface area contributed by atoms with E-state index < -0.39 is 48.9 Å². The van der Waals surface area contributed by atoms with Crippen LogP contribution in [0.25, 0.3) is 12.1 Å². The third-order valence-corrected chi connectivity index (χ3v) is 3.54. The van der Waals surface area contributed by atoms with Gasteiger partial charge in [-0.1, -0.05) is 24.3 Å². The van der Waals surface area contributed by atoms with E-state index in [9.17, 15) is 14.7 Å². The fourth-order valence-electron chi connectivity index (χ4n) is 2.16. The summed E-state index contributed by atoms with van der Waals surface area (Å²) in [7, 11) is 0.0187. The van der Waals surface area contributed by atoms with Gasteiger partial charge in [0.05, 0.1) is 35.9 Å². The predicted molar refractivity (Wildman–Crippen MR) is 107 cm³/mol. The number of rotatable bonds is 9. The molecule has 0 radical (unpaired) electrons. The van der Waals surface area contributed by atoms with E-state index in [1.807, 2.05) is 0 Å². The molecule has 0 aliphatic carbocycles. The Morgan fingerprint density at radius 1 is 0.964 bits per heavy atom. The van der Waals surface area contributed by atoms with Gasteiger partial charge >= 0.3 is 0 Å². The highest BCUT2D eigenvalue weighted by molar-refractivity contribution is 6.10. The van der Waals surface area contributed by atoms with Crippen LogP contribution in [0, 0.1) is 0 Å². The van der Waals surface area contributed by atoms with E-state index in [0.717, 1.165) is 18.2 Å². The Morgan fingerprint density at radius 3 is 2.36 bits per heavy atom. The molecule has 0 heterocycles. The molecule has 0 amide bonds. The fourth-order valence-corrected chi connectivity index (χ4v) is 2.16. The van der Waals surface area contributed by atoms with Crippen molar-refractivity contribution in [3.63, 3.8) is 0 Å². The molecule has 1 N–H and O–H groups in total. The number of carbonyl (C=O) groups is 2. The lowest BCUT2D eigenvalue weighted by atomic mass is 10.1. The average Bonchev–Trinajstić information content (AvgIpc) is 2.78. The normalized spacial score (nSPS) is 15.6. The van der Waals surface area contributed by atoms with Gasteiger partial charge in [0.25, 0.3) is 0 Å². The van der Waals surface area contributed by atoms with Gasteiger partial charge in [-0.3, -0.25) is 9.59 Å². The lowest BCUT2D eigenvalue weighted by molar-refractivity contribution is -0.121. The quantitative estimate of drug-likeness (QED) is 0.521. The average molecular weight is 388 g/mol. The van der Waals surface area contributed by atoms with Crippen molar-refractivity contribution in [3.05, 3.63) is 59.6 Å². The van der Waals surface area contributed by atoms with Gasteiger partial charge in [0.15, 0.2) is 34.6 Å². The Hall–Kier alpha value is -3.54. The first-order valence-electron chi connectivity index (χ1n) is 11.0. The Balaban J connectivity index is 2.20. The zero-order valence-corrected chi connectivity index (χ0v) is 15.2. The maximum atomic E-state index is 12.4. The predicted octanol–water partition coefficient (Wildman–Crippen LogP) is 3.67. The van der Waals surface area contributed by atoms with E-state index in [2.05, 4.69) is 4.74 Å². The summed E-state index contributed by atoms with van der Waals surface area (Å²) in [6.45, 7) is 0. The number of carbonyl (C=O) groups excluding carboxylic acids is 2. The van der Waals surface area contributed by atoms with Crippen LogP contribution < -0.4 is 14.2 Å². The minimum Gasteiger partial charge on any atom is -0.504 e. The van der Waals surface area contributed by atoms with Gasteiger partial charge in [-0.25, -0.2) is 0 Å². The first-order chi connectivity index (χ1) is 15.9. The van der Waals surface area contributed by atoms with Crippen molar-refractivity contribution in [2.45, 2.75) is 6.42 Å². The van der Waals surface area contributed by atoms with Gasteiger partial charge in [0, 0.05) is 0 Å². The number of aromatic hydroxyl groups is 1. The molecule has 0 unspecified atom stereocenters. The number of ether oxygens (including phenoxy) is 3. The van der Waals surface area contributed by atoms with Crippen LogP contribution in [0.3, 0.4) is 0 Å². The molecule has 0 aliphatic rings. The number of benzene rings is 2. The molecular formula is C22H22O6. The molecule has 2 aromatic rings. The molecule has 6 nitrogen and oxygen atoms in total. The van der Waals surface area contributed by atoms with Crippen LogP contribution in [-0.2, 0) is 9.59 Å². The third-order valence-electron chi connectivity index (χ3n) is 3.54. The first kappa shape index (κ1) is 13.6. The van der Waals surface area contributed by atoms with Crippen molar-refractivity contribution in [3.8, 4) is 23.0 Å². The molecular weight excluding hydrogens is 360 g/mol. The fraction of sp³-hybridized carbons (Fsp3) is 0.182. The smallest absolute Gasteiger partial charge is 0.163 e. The largest absolute Gasteiger partial charge is 0.504 e. The molecule has 6 heteroatoms. The highest BCUT2D eigenvalue weighted by Gasteiger charge is 2.06. The second kappa shape index (κ2) is 9.97. The van der Waals surface area contributed by atoms with Crippen LogP contribution in [0.15, 0.2) is 48.5 Å². The van der Waals surface area contributed by atoms with Crippen molar-refractivity contribution < 1.29 is 37.1 Å². The van der Waals surface area contributed by atoms with Gasteiger partial charge < -0.3 is 19.3 Å². The summed E-state index contributed by atoms with van der Waals surface area (Å²) in [4.78, 5) is 24.7. The van der Waals surface area contributed by atoms with E-state index in [4.69, 9.17) is 17.7 Å². The number of ketones is 2. The second-order valence-corrected chi connectivity index (χ2v) is 5.46. The molecule has 0 aromatic heterocycles. The lowest BCUT2D eigenvalue weighted by Crippen LogP contribution is -2.01. The summed E-state index contributed by atoms with van der Waals surface area (Å²) in [5, 5.41) is 9.72.